The van der Waals surface area contributed by atoms with Crippen molar-refractivity contribution in [1.82, 2.24) is 0 Å². The van der Waals surface area contributed by atoms with Crippen molar-refractivity contribution >= 4 is 17.9 Å². The van der Waals surface area contributed by atoms with Crippen LogP contribution in [0.4, 0.5) is 0 Å². The first-order chi connectivity index (χ1) is 37.5. The first-order valence-corrected chi connectivity index (χ1v) is 32.6. The van der Waals surface area contributed by atoms with Crippen molar-refractivity contribution in [3.05, 3.63) is 85.1 Å². The zero-order valence-electron chi connectivity index (χ0n) is 50.3. The minimum absolute atomic E-state index is 0.102. The minimum Gasteiger partial charge on any atom is -0.462 e. The molecule has 0 spiro atoms. The molecule has 0 aromatic carbocycles. The summed E-state index contributed by atoms with van der Waals surface area (Å²) in [6.45, 7) is 6.48. The van der Waals surface area contributed by atoms with Gasteiger partial charge in [-0.1, -0.05) is 305 Å². The highest BCUT2D eigenvalue weighted by Gasteiger charge is 2.19. The van der Waals surface area contributed by atoms with E-state index < -0.39 is 6.10 Å². The predicted octanol–water partition coefficient (Wildman–Crippen LogP) is 22.3. The van der Waals surface area contributed by atoms with E-state index in [9.17, 15) is 14.4 Å². The fourth-order valence-electron chi connectivity index (χ4n) is 9.29. The van der Waals surface area contributed by atoms with Crippen LogP contribution in [-0.4, -0.2) is 37.2 Å². The predicted molar refractivity (Wildman–Crippen MR) is 330 cm³/mol. The third-order valence-corrected chi connectivity index (χ3v) is 14.1. The van der Waals surface area contributed by atoms with Crippen molar-refractivity contribution in [2.75, 3.05) is 13.2 Å². The quantitative estimate of drug-likeness (QED) is 0.0261. The molecule has 0 N–H and O–H groups in total. The normalized spacial score (nSPS) is 12.6. The lowest BCUT2D eigenvalue weighted by Gasteiger charge is -2.18. The van der Waals surface area contributed by atoms with Crippen LogP contribution in [0.5, 0.6) is 0 Å². The molecule has 6 nitrogen and oxygen atoms in total. The molecule has 0 aromatic heterocycles. The van der Waals surface area contributed by atoms with Crippen LogP contribution in [0.15, 0.2) is 85.1 Å². The summed E-state index contributed by atoms with van der Waals surface area (Å²) in [5.74, 6) is -0.987. The van der Waals surface area contributed by atoms with E-state index in [2.05, 4.69) is 99.8 Å². The Hall–Kier alpha value is -3.41. The molecule has 76 heavy (non-hydrogen) atoms. The van der Waals surface area contributed by atoms with E-state index in [1.165, 1.54) is 186 Å². The number of carbonyl (C=O) groups is 3. The number of hydrogen-bond acceptors (Lipinski definition) is 6. The molecule has 1 unspecified atom stereocenters. The Labute approximate surface area is 471 Å². The van der Waals surface area contributed by atoms with Gasteiger partial charge < -0.3 is 14.2 Å². The lowest BCUT2D eigenvalue weighted by Crippen LogP contribution is -2.30. The number of hydrogen-bond donors (Lipinski definition) is 0. The molecule has 0 fully saturated rings. The number of rotatable bonds is 59. The molecule has 0 bridgehead atoms. The molecule has 0 aliphatic rings. The zero-order valence-corrected chi connectivity index (χ0v) is 50.3. The first-order valence-electron chi connectivity index (χ1n) is 32.6. The van der Waals surface area contributed by atoms with E-state index in [4.69, 9.17) is 14.2 Å². The fourth-order valence-corrected chi connectivity index (χ4v) is 9.29. The molecule has 0 radical (unpaired) electrons. The average Bonchev–Trinajstić information content (AvgIpc) is 3.42. The monoisotopic (exact) mass is 1060 g/mol. The van der Waals surface area contributed by atoms with Crippen molar-refractivity contribution in [3.8, 4) is 0 Å². The van der Waals surface area contributed by atoms with Gasteiger partial charge in [0.15, 0.2) is 6.10 Å². The second-order valence-corrected chi connectivity index (χ2v) is 21.6. The summed E-state index contributed by atoms with van der Waals surface area (Å²) in [6.07, 6.45) is 84.7. The third kappa shape index (κ3) is 61.4. The van der Waals surface area contributed by atoms with Crippen LogP contribution in [0.2, 0.25) is 0 Å². The number of carbonyl (C=O) groups excluding carboxylic acids is 3. The number of unbranched alkanes of at least 4 members (excludes halogenated alkanes) is 34. The molecule has 0 aliphatic heterocycles. The van der Waals surface area contributed by atoms with Gasteiger partial charge in [0.2, 0.25) is 0 Å². The summed E-state index contributed by atoms with van der Waals surface area (Å²) < 4.78 is 16.8. The van der Waals surface area contributed by atoms with Gasteiger partial charge in [0.25, 0.3) is 0 Å². The van der Waals surface area contributed by atoms with Crippen molar-refractivity contribution < 1.29 is 28.6 Å². The Bertz CT molecular complexity index is 1450. The van der Waals surface area contributed by atoms with E-state index in [1.807, 2.05) is 6.08 Å². The maximum absolute atomic E-state index is 12.9. The highest BCUT2D eigenvalue weighted by Crippen LogP contribution is 2.17. The Morgan fingerprint density at radius 3 is 0.882 bits per heavy atom. The molecular formula is C70H122O6. The number of esters is 3. The second kappa shape index (κ2) is 64.1. The molecule has 6 heteroatoms. The molecule has 0 aliphatic carbocycles. The first kappa shape index (κ1) is 72.6. The van der Waals surface area contributed by atoms with Crippen LogP contribution in [0.25, 0.3) is 0 Å². The highest BCUT2D eigenvalue weighted by molar-refractivity contribution is 5.71. The molecule has 0 saturated heterocycles. The van der Waals surface area contributed by atoms with Gasteiger partial charge in [-0.05, 0) is 83.5 Å². The van der Waals surface area contributed by atoms with E-state index in [1.54, 1.807) is 0 Å². The minimum atomic E-state index is -0.813. The van der Waals surface area contributed by atoms with Crippen LogP contribution >= 0.6 is 0 Å². The van der Waals surface area contributed by atoms with Crippen LogP contribution in [0.3, 0.4) is 0 Å². The maximum atomic E-state index is 12.9. The third-order valence-electron chi connectivity index (χ3n) is 14.1. The highest BCUT2D eigenvalue weighted by atomic mass is 16.6. The summed E-state index contributed by atoms with van der Waals surface area (Å²) in [4.78, 5) is 38.3. The molecule has 0 aromatic rings. The standard InChI is InChI=1S/C70H122O6/c1-4-7-10-13-16-19-22-25-27-29-31-33-34-35-37-38-40-42-45-48-51-54-57-60-63-69(72)75-66-67(65-74-68(71)62-59-56-53-50-47-44-24-21-18-15-12-9-6-3)76-70(73)64-61-58-55-52-49-46-43-41-39-36-32-30-28-26-23-20-17-14-11-8-5-2/h9,12,18,21,23,26,30,32,39,41,44,47,53,56,67H,4-8,10-11,13-17,19-20,22,24-25,27-29,31,33-38,40,42-43,45-46,48-52,54-55,57-66H2,1-3H3/b12-9-,21-18-,26-23-,32-30-,41-39-,47-44-,56-53-. The van der Waals surface area contributed by atoms with E-state index >= 15 is 0 Å². The molecule has 0 amide bonds. The van der Waals surface area contributed by atoms with Crippen molar-refractivity contribution in [2.24, 2.45) is 0 Å². The van der Waals surface area contributed by atoms with Crippen molar-refractivity contribution in [3.63, 3.8) is 0 Å². The largest absolute Gasteiger partial charge is 0.462 e. The Kier molecular flexibility index (Phi) is 61.2. The van der Waals surface area contributed by atoms with Gasteiger partial charge in [-0.2, -0.15) is 0 Å². The van der Waals surface area contributed by atoms with Crippen LogP contribution in [0.1, 0.15) is 323 Å². The number of ether oxygens (including phenoxy) is 3. The van der Waals surface area contributed by atoms with Crippen molar-refractivity contribution in [2.45, 2.75) is 329 Å². The molecule has 1 atom stereocenters. The Morgan fingerprint density at radius 1 is 0.276 bits per heavy atom. The summed E-state index contributed by atoms with van der Waals surface area (Å²) in [7, 11) is 0. The van der Waals surface area contributed by atoms with E-state index in [0.29, 0.717) is 19.3 Å². The molecule has 0 rings (SSSR count). The summed E-state index contributed by atoms with van der Waals surface area (Å²) in [5.41, 5.74) is 0. The van der Waals surface area contributed by atoms with Crippen molar-refractivity contribution in [1.29, 1.82) is 0 Å². The molecule has 0 heterocycles. The summed E-state index contributed by atoms with van der Waals surface area (Å²) in [6, 6.07) is 0. The lowest BCUT2D eigenvalue weighted by atomic mass is 10.0. The summed E-state index contributed by atoms with van der Waals surface area (Å²) in [5, 5.41) is 0. The van der Waals surface area contributed by atoms with Gasteiger partial charge in [-0.25, -0.2) is 0 Å². The van der Waals surface area contributed by atoms with Crippen LogP contribution in [0, 0.1) is 0 Å². The van der Waals surface area contributed by atoms with Gasteiger partial charge in [0, 0.05) is 19.3 Å². The number of allylic oxidation sites excluding steroid dienone is 14. The summed E-state index contributed by atoms with van der Waals surface area (Å²) >= 11 is 0. The van der Waals surface area contributed by atoms with Gasteiger partial charge in [-0.15, -0.1) is 0 Å². The Morgan fingerprint density at radius 2 is 0.539 bits per heavy atom. The zero-order chi connectivity index (χ0) is 55.0. The fraction of sp³-hybridized carbons (Fsp3) is 0.757. The average molecular weight is 1060 g/mol. The smallest absolute Gasteiger partial charge is 0.306 e. The topological polar surface area (TPSA) is 78.9 Å². The van der Waals surface area contributed by atoms with Crippen LogP contribution < -0.4 is 0 Å². The van der Waals surface area contributed by atoms with Gasteiger partial charge in [-0.3, -0.25) is 14.4 Å². The lowest BCUT2D eigenvalue weighted by molar-refractivity contribution is -0.166. The molecular weight excluding hydrogens is 937 g/mol. The van der Waals surface area contributed by atoms with Gasteiger partial charge in [0.05, 0.1) is 0 Å². The van der Waals surface area contributed by atoms with E-state index in [0.717, 1.165) is 89.9 Å². The molecule has 0 saturated carbocycles. The van der Waals surface area contributed by atoms with Crippen LogP contribution in [-0.2, 0) is 28.6 Å². The Balaban J connectivity index is 4.35. The van der Waals surface area contributed by atoms with Gasteiger partial charge in [0.1, 0.15) is 13.2 Å². The van der Waals surface area contributed by atoms with Gasteiger partial charge >= 0.3 is 17.9 Å². The SMILES string of the molecule is CC/C=C\C/C=C\C/C=C\C/C=C\CCC(=O)OCC(COC(=O)CCCCCCCCCCCCCCCCCCCCCCCCCC)OC(=O)CCCCCCCC/C=C\C/C=C\C/C=C\CCCCCCC. The molecule has 438 valence electrons. The maximum Gasteiger partial charge on any atom is 0.306 e. The van der Waals surface area contributed by atoms with E-state index in [-0.39, 0.29) is 37.5 Å². The second-order valence-electron chi connectivity index (χ2n) is 21.6.